The Hall–Kier alpha value is -1.94. The maximum absolute atomic E-state index is 12.5. The van der Waals surface area contributed by atoms with Crippen LogP contribution < -0.4 is 5.73 Å². The summed E-state index contributed by atoms with van der Waals surface area (Å²) in [6, 6.07) is 12.4. The molecule has 0 aromatic heterocycles. The number of nitrogens with two attached hydrogens (primary N) is 1. The number of nitrogen functional groups attached to an aromatic ring is 1. The quantitative estimate of drug-likeness (QED) is 0.662. The minimum atomic E-state index is -0.134. The Bertz CT molecular complexity index is 678. The van der Waals surface area contributed by atoms with Crippen LogP contribution in [0.3, 0.4) is 0 Å². The van der Waals surface area contributed by atoms with Gasteiger partial charge in [-0.25, -0.2) is 0 Å². The molecule has 0 fully saturated rings. The van der Waals surface area contributed by atoms with Crippen LogP contribution in [-0.2, 0) is 11.2 Å². The Morgan fingerprint density at radius 1 is 1.10 bits per heavy atom. The molecule has 21 heavy (non-hydrogen) atoms. The fourth-order valence-electron chi connectivity index (χ4n) is 2.06. The summed E-state index contributed by atoms with van der Waals surface area (Å²) in [5.41, 5.74) is 8.20. The van der Waals surface area contributed by atoms with E-state index in [4.69, 9.17) is 5.73 Å². The topological polar surface area (TPSA) is 60.2 Å². The maximum atomic E-state index is 12.5. The zero-order valence-corrected chi connectivity index (χ0v) is 13.3. The van der Waals surface area contributed by atoms with E-state index in [1.807, 2.05) is 19.1 Å². The second kappa shape index (κ2) is 6.68. The molecule has 0 saturated heterocycles. The Morgan fingerprint density at radius 2 is 1.76 bits per heavy atom. The van der Waals surface area contributed by atoms with E-state index in [9.17, 15) is 9.59 Å². The normalized spacial score (nSPS) is 10.4. The van der Waals surface area contributed by atoms with Crippen molar-refractivity contribution >= 4 is 33.2 Å². The van der Waals surface area contributed by atoms with Crippen molar-refractivity contribution in [3.63, 3.8) is 0 Å². The molecule has 0 amide bonds. The van der Waals surface area contributed by atoms with Crippen LogP contribution in [0, 0.1) is 0 Å². The minimum Gasteiger partial charge on any atom is -0.398 e. The first-order valence-corrected chi connectivity index (χ1v) is 7.51. The van der Waals surface area contributed by atoms with E-state index in [1.165, 1.54) is 0 Å². The fraction of sp³-hybridized carbons (Fsp3) is 0.176. The van der Waals surface area contributed by atoms with Crippen molar-refractivity contribution in [3.05, 3.63) is 63.6 Å². The highest BCUT2D eigenvalue weighted by atomic mass is 79.9. The molecule has 2 N–H and O–H groups in total. The average Bonchev–Trinajstić information content (AvgIpc) is 2.49. The van der Waals surface area contributed by atoms with Crippen molar-refractivity contribution in [1.82, 2.24) is 0 Å². The Morgan fingerprint density at radius 3 is 2.38 bits per heavy atom. The van der Waals surface area contributed by atoms with Crippen LogP contribution in [0.2, 0.25) is 0 Å². The number of carbonyl (C=O) groups excluding carboxylic acids is 2. The van der Waals surface area contributed by atoms with Gasteiger partial charge in [0.05, 0.1) is 0 Å². The number of para-hydroxylation sites is 1. The van der Waals surface area contributed by atoms with Gasteiger partial charge in [0.1, 0.15) is 5.78 Å². The van der Waals surface area contributed by atoms with Crippen LogP contribution in [0.25, 0.3) is 0 Å². The molecule has 0 unspecified atom stereocenters. The highest BCUT2D eigenvalue weighted by Crippen LogP contribution is 2.22. The summed E-state index contributed by atoms with van der Waals surface area (Å²) in [5, 5.41) is 0. The van der Waals surface area contributed by atoms with E-state index in [1.54, 1.807) is 30.3 Å². The number of ketones is 2. The van der Waals surface area contributed by atoms with E-state index in [-0.39, 0.29) is 18.0 Å². The third kappa shape index (κ3) is 3.58. The summed E-state index contributed by atoms with van der Waals surface area (Å²) in [4.78, 5) is 24.1. The SMILES string of the molecule is CCC(=O)Cc1cccc(C(=O)c2ccc(Br)cc2)c1N. The van der Waals surface area contributed by atoms with Crippen molar-refractivity contribution in [3.8, 4) is 0 Å². The van der Waals surface area contributed by atoms with Gasteiger partial charge < -0.3 is 5.73 Å². The van der Waals surface area contributed by atoms with Crippen LogP contribution in [0.15, 0.2) is 46.9 Å². The lowest BCUT2D eigenvalue weighted by Gasteiger charge is -2.10. The van der Waals surface area contributed by atoms with Gasteiger partial charge in [-0.1, -0.05) is 35.0 Å². The average molecular weight is 346 g/mol. The summed E-state index contributed by atoms with van der Waals surface area (Å²) < 4.78 is 0.911. The van der Waals surface area contributed by atoms with Crippen LogP contribution in [0.1, 0.15) is 34.8 Å². The van der Waals surface area contributed by atoms with Gasteiger partial charge in [0, 0.05) is 34.1 Å². The van der Waals surface area contributed by atoms with E-state index in [0.717, 1.165) is 4.47 Å². The standard InChI is InChI=1S/C17H16BrNO2/c1-2-14(20)10-12-4-3-5-15(16(12)19)17(21)11-6-8-13(18)9-7-11/h3-9H,2,10,19H2,1H3. The van der Waals surface area contributed by atoms with Crippen LogP contribution in [0.4, 0.5) is 5.69 Å². The molecular weight excluding hydrogens is 330 g/mol. The van der Waals surface area contributed by atoms with Gasteiger partial charge in [-0.3, -0.25) is 9.59 Å². The Balaban J connectivity index is 2.35. The smallest absolute Gasteiger partial charge is 0.195 e. The molecule has 0 bridgehead atoms. The predicted octanol–water partition coefficient (Wildman–Crippen LogP) is 3.78. The number of carbonyl (C=O) groups is 2. The number of rotatable bonds is 5. The van der Waals surface area contributed by atoms with Crippen LogP contribution in [0.5, 0.6) is 0 Å². The van der Waals surface area contributed by atoms with Gasteiger partial charge in [-0.15, -0.1) is 0 Å². The maximum Gasteiger partial charge on any atom is 0.195 e. The predicted molar refractivity (Wildman–Crippen MR) is 87.4 cm³/mol. The number of halogens is 1. The molecular formula is C17H16BrNO2. The zero-order chi connectivity index (χ0) is 15.4. The molecule has 0 aliphatic carbocycles. The first-order valence-electron chi connectivity index (χ1n) is 6.72. The molecule has 0 saturated carbocycles. The van der Waals surface area contributed by atoms with E-state index in [2.05, 4.69) is 15.9 Å². The minimum absolute atomic E-state index is 0.106. The lowest BCUT2D eigenvalue weighted by atomic mass is 9.96. The second-order valence-electron chi connectivity index (χ2n) is 4.78. The molecule has 4 heteroatoms. The molecule has 108 valence electrons. The second-order valence-corrected chi connectivity index (χ2v) is 5.70. The van der Waals surface area contributed by atoms with E-state index in [0.29, 0.717) is 28.8 Å². The zero-order valence-electron chi connectivity index (χ0n) is 11.7. The van der Waals surface area contributed by atoms with E-state index < -0.39 is 0 Å². The van der Waals surface area contributed by atoms with Crippen molar-refractivity contribution in [2.45, 2.75) is 19.8 Å². The first-order chi connectivity index (χ1) is 10.0. The number of anilines is 1. The largest absolute Gasteiger partial charge is 0.398 e. The number of hydrogen-bond acceptors (Lipinski definition) is 3. The third-order valence-electron chi connectivity index (χ3n) is 3.33. The van der Waals surface area contributed by atoms with Gasteiger partial charge in [-0.2, -0.15) is 0 Å². The molecule has 0 aliphatic rings. The van der Waals surface area contributed by atoms with Crippen molar-refractivity contribution in [1.29, 1.82) is 0 Å². The molecule has 3 nitrogen and oxygen atoms in total. The number of benzene rings is 2. The molecule has 0 heterocycles. The Kier molecular flexibility index (Phi) is 4.91. The summed E-state index contributed by atoms with van der Waals surface area (Å²) in [7, 11) is 0. The van der Waals surface area contributed by atoms with Crippen LogP contribution in [-0.4, -0.2) is 11.6 Å². The van der Waals surface area contributed by atoms with Crippen molar-refractivity contribution < 1.29 is 9.59 Å². The van der Waals surface area contributed by atoms with Gasteiger partial charge in [0.25, 0.3) is 0 Å². The van der Waals surface area contributed by atoms with E-state index >= 15 is 0 Å². The highest BCUT2D eigenvalue weighted by molar-refractivity contribution is 9.10. The van der Waals surface area contributed by atoms with Gasteiger partial charge in [0.15, 0.2) is 5.78 Å². The van der Waals surface area contributed by atoms with Gasteiger partial charge >= 0.3 is 0 Å². The molecule has 2 aromatic carbocycles. The molecule has 0 aliphatic heterocycles. The van der Waals surface area contributed by atoms with Gasteiger partial charge in [-0.05, 0) is 35.9 Å². The lowest BCUT2D eigenvalue weighted by Crippen LogP contribution is -2.10. The molecule has 0 radical (unpaired) electrons. The summed E-state index contributed by atoms with van der Waals surface area (Å²) in [5.74, 6) is -0.0271. The monoisotopic (exact) mass is 345 g/mol. The Labute approximate surface area is 132 Å². The van der Waals surface area contributed by atoms with Crippen molar-refractivity contribution in [2.24, 2.45) is 0 Å². The molecule has 2 rings (SSSR count). The van der Waals surface area contributed by atoms with Crippen molar-refractivity contribution in [2.75, 3.05) is 5.73 Å². The van der Waals surface area contributed by atoms with Gasteiger partial charge in [0.2, 0.25) is 0 Å². The molecule has 2 aromatic rings. The fourth-order valence-corrected chi connectivity index (χ4v) is 2.32. The summed E-state index contributed by atoms with van der Waals surface area (Å²) in [6.07, 6.45) is 0.730. The number of hydrogen-bond donors (Lipinski definition) is 1. The first kappa shape index (κ1) is 15.4. The molecule has 0 spiro atoms. The summed E-state index contributed by atoms with van der Waals surface area (Å²) >= 11 is 3.34. The third-order valence-corrected chi connectivity index (χ3v) is 3.86. The van der Waals surface area contributed by atoms with Crippen LogP contribution >= 0.6 is 15.9 Å². The number of Topliss-reactive ketones (excluding diaryl/α,β-unsaturated/α-hetero) is 1. The summed E-state index contributed by atoms with van der Waals surface area (Å²) in [6.45, 7) is 1.81. The highest BCUT2D eigenvalue weighted by Gasteiger charge is 2.15. The molecule has 0 atom stereocenters. The lowest BCUT2D eigenvalue weighted by molar-refractivity contribution is -0.118.